The molecular weight excluding hydrogens is 256 g/mol. The van der Waals surface area contributed by atoms with E-state index in [2.05, 4.69) is 22.5 Å². The van der Waals surface area contributed by atoms with E-state index in [0.717, 1.165) is 11.1 Å². The van der Waals surface area contributed by atoms with E-state index < -0.39 is 10.3 Å². The number of benzene rings is 1. The van der Waals surface area contributed by atoms with Gasteiger partial charge in [0.1, 0.15) is 4.32 Å². The molecule has 1 N–H and O–H groups in total. The summed E-state index contributed by atoms with van der Waals surface area (Å²) in [7, 11) is 0. The lowest BCUT2D eigenvalue weighted by Gasteiger charge is -2.16. The van der Waals surface area contributed by atoms with Crippen LogP contribution in [0.15, 0.2) is 30.8 Å². The minimum atomic E-state index is -0.900. The predicted molar refractivity (Wildman–Crippen MR) is 65.2 cm³/mol. The molecule has 1 atom stereocenters. The van der Waals surface area contributed by atoms with Crippen LogP contribution in [0.4, 0.5) is 0 Å². The van der Waals surface area contributed by atoms with E-state index in [4.69, 9.17) is 5.11 Å². The molecule has 0 saturated carbocycles. The molecule has 1 aromatic rings. The summed E-state index contributed by atoms with van der Waals surface area (Å²) in [5.74, 6) is -0.852. The van der Waals surface area contributed by atoms with E-state index in [0.29, 0.717) is 6.42 Å². The lowest BCUT2D eigenvalue weighted by Crippen LogP contribution is -2.30. The minimum absolute atomic E-state index is 0.458. The molecule has 3 heteroatoms. The molecule has 0 radical (unpaired) electrons. The van der Waals surface area contributed by atoms with Gasteiger partial charge in [0.05, 0.1) is 0 Å². The van der Waals surface area contributed by atoms with Crippen molar-refractivity contribution in [1.29, 1.82) is 0 Å². The molecule has 15 heavy (non-hydrogen) atoms. The number of carboxylic acids is 1. The maximum absolute atomic E-state index is 10.9. The number of alkyl halides is 1. The molecule has 0 amide bonds. The van der Waals surface area contributed by atoms with Gasteiger partial charge in [-0.2, -0.15) is 0 Å². The van der Waals surface area contributed by atoms with Crippen molar-refractivity contribution in [2.75, 3.05) is 0 Å². The Morgan fingerprint density at radius 2 is 2.07 bits per heavy atom. The van der Waals surface area contributed by atoms with Crippen LogP contribution in [-0.4, -0.2) is 15.4 Å². The van der Waals surface area contributed by atoms with Crippen LogP contribution in [0.5, 0.6) is 0 Å². The van der Waals surface area contributed by atoms with Crippen LogP contribution in [0, 0.1) is 0 Å². The first-order chi connectivity index (χ1) is 6.95. The van der Waals surface area contributed by atoms with Gasteiger partial charge in [0.15, 0.2) is 0 Å². The molecule has 0 aliphatic carbocycles. The van der Waals surface area contributed by atoms with Crippen molar-refractivity contribution in [2.45, 2.75) is 17.7 Å². The average molecular weight is 269 g/mol. The fourth-order valence-electron chi connectivity index (χ4n) is 1.23. The van der Waals surface area contributed by atoms with Crippen molar-refractivity contribution in [3.63, 3.8) is 0 Å². The van der Waals surface area contributed by atoms with Gasteiger partial charge in [-0.15, -0.1) is 0 Å². The highest BCUT2D eigenvalue weighted by molar-refractivity contribution is 9.10. The largest absolute Gasteiger partial charge is 0.480 e. The fraction of sp³-hybridized carbons (Fsp3) is 0.250. The van der Waals surface area contributed by atoms with Gasteiger partial charge < -0.3 is 5.11 Å². The molecular formula is C12H13BrO2. The van der Waals surface area contributed by atoms with Gasteiger partial charge in [-0.25, -0.2) is 0 Å². The summed E-state index contributed by atoms with van der Waals surface area (Å²) in [6.45, 7) is 5.31. The molecule has 80 valence electrons. The van der Waals surface area contributed by atoms with Crippen molar-refractivity contribution in [2.24, 2.45) is 0 Å². The van der Waals surface area contributed by atoms with Gasteiger partial charge in [-0.3, -0.25) is 4.79 Å². The van der Waals surface area contributed by atoms with Crippen molar-refractivity contribution in [3.05, 3.63) is 42.0 Å². The average Bonchev–Trinajstić information content (AvgIpc) is 2.18. The van der Waals surface area contributed by atoms with Gasteiger partial charge in [0, 0.05) is 0 Å². The summed E-state index contributed by atoms with van der Waals surface area (Å²) in [6, 6.07) is 7.68. The number of halogens is 1. The maximum Gasteiger partial charge on any atom is 0.320 e. The fourth-order valence-corrected chi connectivity index (χ4v) is 1.55. The molecule has 0 aliphatic heterocycles. The summed E-state index contributed by atoms with van der Waals surface area (Å²) < 4.78 is -0.900. The van der Waals surface area contributed by atoms with Crippen molar-refractivity contribution in [1.82, 2.24) is 0 Å². The first-order valence-electron chi connectivity index (χ1n) is 4.59. The topological polar surface area (TPSA) is 37.3 Å². The van der Waals surface area contributed by atoms with E-state index in [-0.39, 0.29) is 0 Å². The summed E-state index contributed by atoms with van der Waals surface area (Å²) in [4.78, 5) is 10.9. The molecule has 1 rings (SSSR count). The Morgan fingerprint density at radius 1 is 1.53 bits per heavy atom. The van der Waals surface area contributed by atoms with Crippen molar-refractivity contribution < 1.29 is 9.90 Å². The first-order valence-corrected chi connectivity index (χ1v) is 5.39. The standard InChI is InChI=1S/C12H13BrO2/c1-3-9-4-6-10(7-5-9)8-12(2,13)11(14)15/h3-7H,1,8H2,2H3,(H,14,15). The lowest BCUT2D eigenvalue weighted by atomic mass is 10.00. The second kappa shape index (κ2) is 4.62. The molecule has 0 aliphatic rings. The maximum atomic E-state index is 10.9. The van der Waals surface area contributed by atoms with Gasteiger partial charge in [0.2, 0.25) is 0 Å². The second-order valence-electron chi connectivity index (χ2n) is 3.63. The molecule has 0 saturated heterocycles. The highest BCUT2D eigenvalue weighted by Crippen LogP contribution is 2.23. The van der Waals surface area contributed by atoms with Crippen LogP contribution >= 0.6 is 15.9 Å². The Morgan fingerprint density at radius 3 is 2.47 bits per heavy atom. The summed E-state index contributed by atoms with van der Waals surface area (Å²) >= 11 is 3.20. The quantitative estimate of drug-likeness (QED) is 0.853. The number of aliphatic carboxylic acids is 1. The van der Waals surface area contributed by atoms with Gasteiger partial charge in [-0.1, -0.05) is 52.9 Å². The molecule has 1 unspecified atom stereocenters. The van der Waals surface area contributed by atoms with E-state index in [1.54, 1.807) is 13.0 Å². The molecule has 0 bridgehead atoms. The molecule has 0 fully saturated rings. The summed E-state index contributed by atoms with van der Waals surface area (Å²) in [5.41, 5.74) is 2.02. The third kappa shape index (κ3) is 3.20. The van der Waals surface area contributed by atoms with E-state index >= 15 is 0 Å². The van der Waals surface area contributed by atoms with Gasteiger partial charge >= 0.3 is 5.97 Å². The molecule has 0 heterocycles. The van der Waals surface area contributed by atoms with Crippen LogP contribution < -0.4 is 0 Å². The Balaban J connectivity index is 2.81. The number of carbonyl (C=O) groups is 1. The number of carboxylic acid groups (broad SMARTS) is 1. The predicted octanol–water partition coefficient (Wildman–Crippen LogP) is 3.11. The Hall–Kier alpha value is -1.09. The van der Waals surface area contributed by atoms with Crippen LogP contribution in [0.2, 0.25) is 0 Å². The minimum Gasteiger partial charge on any atom is -0.480 e. The van der Waals surface area contributed by atoms with Gasteiger partial charge in [0.25, 0.3) is 0 Å². The molecule has 0 spiro atoms. The van der Waals surface area contributed by atoms with Crippen molar-refractivity contribution >= 4 is 28.0 Å². The molecule has 1 aromatic carbocycles. The smallest absolute Gasteiger partial charge is 0.320 e. The van der Waals surface area contributed by atoms with Crippen LogP contribution in [0.25, 0.3) is 6.08 Å². The number of hydrogen-bond acceptors (Lipinski definition) is 1. The Kier molecular flexibility index (Phi) is 3.69. The van der Waals surface area contributed by atoms with Crippen LogP contribution in [0.1, 0.15) is 18.1 Å². The highest BCUT2D eigenvalue weighted by atomic mass is 79.9. The third-order valence-corrected chi connectivity index (χ3v) is 2.82. The summed E-state index contributed by atoms with van der Waals surface area (Å²) in [6.07, 6.45) is 2.22. The zero-order valence-corrected chi connectivity index (χ0v) is 10.1. The number of hydrogen-bond donors (Lipinski definition) is 1. The normalized spacial score (nSPS) is 14.3. The third-order valence-electron chi connectivity index (χ3n) is 2.20. The SMILES string of the molecule is C=Cc1ccc(CC(C)(Br)C(=O)O)cc1. The van der Waals surface area contributed by atoms with E-state index in [1.807, 2.05) is 24.3 Å². The van der Waals surface area contributed by atoms with Crippen molar-refractivity contribution in [3.8, 4) is 0 Å². The number of rotatable bonds is 4. The molecule has 0 aromatic heterocycles. The molecule has 2 nitrogen and oxygen atoms in total. The second-order valence-corrected chi connectivity index (χ2v) is 5.38. The zero-order valence-electron chi connectivity index (χ0n) is 8.53. The Bertz CT molecular complexity index is 366. The summed E-state index contributed by atoms with van der Waals surface area (Å²) in [5, 5.41) is 8.94. The van der Waals surface area contributed by atoms with Crippen LogP contribution in [0.3, 0.4) is 0 Å². The van der Waals surface area contributed by atoms with Gasteiger partial charge in [-0.05, 0) is 24.5 Å². The monoisotopic (exact) mass is 268 g/mol. The highest BCUT2D eigenvalue weighted by Gasteiger charge is 2.29. The zero-order chi connectivity index (χ0) is 11.5. The Labute approximate surface area is 97.8 Å². The first kappa shape index (κ1) is 12.0. The van der Waals surface area contributed by atoms with Crippen LogP contribution in [-0.2, 0) is 11.2 Å². The van der Waals surface area contributed by atoms with E-state index in [9.17, 15) is 4.79 Å². The van der Waals surface area contributed by atoms with E-state index in [1.165, 1.54) is 0 Å². The lowest BCUT2D eigenvalue weighted by molar-refractivity contribution is -0.139.